The van der Waals surface area contributed by atoms with Gasteiger partial charge in [0.2, 0.25) is 0 Å². The largest absolute Gasteiger partial charge is 0.426 e. The summed E-state index contributed by atoms with van der Waals surface area (Å²) in [7, 11) is 0. The Bertz CT molecular complexity index is 534. The predicted molar refractivity (Wildman–Crippen MR) is 77.2 cm³/mol. The fourth-order valence-corrected chi connectivity index (χ4v) is 1.98. The Labute approximate surface area is 114 Å². The van der Waals surface area contributed by atoms with E-state index in [2.05, 4.69) is 19.1 Å². The first-order valence-corrected chi connectivity index (χ1v) is 6.59. The monoisotopic (exact) mass is 256 g/mol. The van der Waals surface area contributed by atoms with Gasteiger partial charge in [0, 0.05) is 11.5 Å². The van der Waals surface area contributed by atoms with Crippen LogP contribution < -0.4 is 0 Å². The summed E-state index contributed by atoms with van der Waals surface area (Å²) in [6.07, 6.45) is 14.0. The summed E-state index contributed by atoms with van der Waals surface area (Å²) in [6.45, 7) is 7.70. The van der Waals surface area contributed by atoms with E-state index in [-0.39, 0.29) is 11.9 Å². The van der Waals surface area contributed by atoms with Gasteiger partial charge in [0.25, 0.3) is 0 Å². The van der Waals surface area contributed by atoms with Crippen LogP contribution in [0.4, 0.5) is 0 Å². The standard InChI is InChI=1S/C17H20O2/c1-12-13-8-5-6-10-14(12)15(11-7-9-13)19-16(18)17(2,3)4/h5-12H,1-4H3/t12-/m0/s1. The van der Waals surface area contributed by atoms with Gasteiger partial charge in [0.05, 0.1) is 5.41 Å². The van der Waals surface area contributed by atoms with Crippen LogP contribution in [0.3, 0.4) is 0 Å². The second kappa shape index (κ2) is 5.04. The van der Waals surface area contributed by atoms with Gasteiger partial charge < -0.3 is 4.74 Å². The molecule has 0 aromatic carbocycles. The highest BCUT2D eigenvalue weighted by atomic mass is 16.5. The van der Waals surface area contributed by atoms with E-state index in [4.69, 9.17) is 4.74 Å². The molecule has 0 heterocycles. The predicted octanol–water partition coefficient (Wildman–Crippen LogP) is 4.09. The highest BCUT2D eigenvalue weighted by Crippen LogP contribution is 2.33. The number of ether oxygens (including phenoxy) is 1. The summed E-state index contributed by atoms with van der Waals surface area (Å²) < 4.78 is 5.59. The second-order valence-corrected chi connectivity index (χ2v) is 5.92. The Kier molecular flexibility index (Phi) is 3.61. The second-order valence-electron chi connectivity index (χ2n) is 5.92. The van der Waals surface area contributed by atoms with Crippen molar-refractivity contribution in [1.82, 2.24) is 0 Å². The molecule has 0 saturated carbocycles. The lowest BCUT2D eigenvalue weighted by Gasteiger charge is -2.21. The number of carbonyl (C=O) groups is 1. The molecule has 19 heavy (non-hydrogen) atoms. The molecule has 100 valence electrons. The van der Waals surface area contributed by atoms with Gasteiger partial charge in [-0.1, -0.05) is 43.4 Å². The van der Waals surface area contributed by atoms with Gasteiger partial charge in [-0.25, -0.2) is 0 Å². The highest BCUT2D eigenvalue weighted by Gasteiger charge is 2.27. The van der Waals surface area contributed by atoms with Gasteiger partial charge in [-0.05, 0) is 32.4 Å². The molecule has 0 aromatic rings. The van der Waals surface area contributed by atoms with Crippen LogP contribution in [0.5, 0.6) is 0 Å². The van der Waals surface area contributed by atoms with Gasteiger partial charge in [0.15, 0.2) is 0 Å². The normalized spacial score (nSPS) is 21.9. The molecule has 0 saturated heterocycles. The number of fused-ring (bicyclic) bond motifs is 2. The van der Waals surface area contributed by atoms with Crippen molar-refractivity contribution in [1.29, 1.82) is 0 Å². The van der Waals surface area contributed by atoms with E-state index in [1.54, 1.807) is 0 Å². The molecule has 2 aliphatic rings. The van der Waals surface area contributed by atoms with Gasteiger partial charge in [0.1, 0.15) is 5.76 Å². The van der Waals surface area contributed by atoms with Gasteiger partial charge in [-0.2, -0.15) is 0 Å². The van der Waals surface area contributed by atoms with E-state index < -0.39 is 5.41 Å². The molecule has 0 fully saturated rings. The Balaban J connectivity index is 2.32. The number of hydrogen-bond acceptors (Lipinski definition) is 2. The maximum absolute atomic E-state index is 12.1. The fourth-order valence-electron chi connectivity index (χ4n) is 1.98. The van der Waals surface area contributed by atoms with Crippen molar-refractivity contribution in [3.05, 3.63) is 59.4 Å². The zero-order valence-corrected chi connectivity index (χ0v) is 11.9. The molecule has 2 heteroatoms. The quantitative estimate of drug-likeness (QED) is 0.660. The maximum Gasteiger partial charge on any atom is 0.316 e. The van der Waals surface area contributed by atoms with Crippen molar-refractivity contribution in [2.45, 2.75) is 27.7 Å². The zero-order valence-electron chi connectivity index (χ0n) is 11.9. The fraction of sp³-hybridized carbons (Fsp3) is 0.353. The molecule has 0 aliphatic heterocycles. The minimum absolute atomic E-state index is 0.207. The third kappa shape index (κ3) is 2.95. The minimum Gasteiger partial charge on any atom is -0.426 e. The molecule has 2 nitrogen and oxygen atoms in total. The van der Waals surface area contributed by atoms with Crippen LogP contribution in [0.1, 0.15) is 27.7 Å². The Morgan fingerprint density at radius 2 is 1.79 bits per heavy atom. The molecule has 0 radical (unpaired) electrons. The number of carbonyl (C=O) groups excluding carboxylic acids is 1. The van der Waals surface area contributed by atoms with Crippen LogP contribution in [-0.4, -0.2) is 5.97 Å². The molecular formula is C17H20O2. The molecule has 0 N–H and O–H groups in total. The SMILES string of the molecule is C[C@H]1C2=CC=CC=C1C(OC(=O)C(C)(C)C)=CC=C2. The average molecular weight is 256 g/mol. The van der Waals surface area contributed by atoms with E-state index in [0.717, 1.165) is 5.57 Å². The highest BCUT2D eigenvalue weighted by molar-refractivity contribution is 5.77. The molecule has 2 rings (SSSR count). The smallest absolute Gasteiger partial charge is 0.316 e. The van der Waals surface area contributed by atoms with Crippen LogP contribution in [0, 0.1) is 11.3 Å². The van der Waals surface area contributed by atoms with E-state index >= 15 is 0 Å². The zero-order chi connectivity index (χ0) is 14.0. The first-order chi connectivity index (χ1) is 8.89. The third-order valence-corrected chi connectivity index (χ3v) is 3.28. The minimum atomic E-state index is -0.500. The van der Waals surface area contributed by atoms with Gasteiger partial charge >= 0.3 is 5.97 Å². The first kappa shape index (κ1) is 13.6. The molecule has 0 unspecified atom stereocenters. The van der Waals surface area contributed by atoms with Crippen molar-refractivity contribution >= 4 is 5.97 Å². The Morgan fingerprint density at radius 3 is 2.47 bits per heavy atom. The van der Waals surface area contributed by atoms with Crippen molar-refractivity contribution in [3.63, 3.8) is 0 Å². The van der Waals surface area contributed by atoms with Crippen molar-refractivity contribution in [2.75, 3.05) is 0 Å². The number of rotatable bonds is 1. The van der Waals surface area contributed by atoms with E-state index in [9.17, 15) is 4.79 Å². The summed E-state index contributed by atoms with van der Waals surface area (Å²) in [5.41, 5.74) is 1.76. The summed E-state index contributed by atoms with van der Waals surface area (Å²) in [4.78, 5) is 12.1. The number of allylic oxidation sites excluding steroid dienone is 9. The van der Waals surface area contributed by atoms with Crippen molar-refractivity contribution in [3.8, 4) is 0 Å². The van der Waals surface area contributed by atoms with E-state index in [0.29, 0.717) is 5.76 Å². The maximum atomic E-state index is 12.1. The third-order valence-electron chi connectivity index (χ3n) is 3.28. The van der Waals surface area contributed by atoms with Crippen molar-refractivity contribution in [2.24, 2.45) is 11.3 Å². The summed E-state index contributed by atoms with van der Waals surface area (Å²) >= 11 is 0. The summed E-state index contributed by atoms with van der Waals surface area (Å²) in [5.74, 6) is 0.673. The Hall–Kier alpha value is -1.83. The van der Waals surface area contributed by atoms with Crippen molar-refractivity contribution < 1.29 is 9.53 Å². The van der Waals surface area contributed by atoms with Crippen LogP contribution >= 0.6 is 0 Å². The lowest BCUT2D eigenvalue weighted by molar-refractivity contribution is -0.148. The molecule has 0 spiro atoms. The molecule has 0 aromatic heterocycles. The lowest BCUT2D eigenvalue weighted by Crippen LogP contribution is -2.23. The van der Waals surface area contributed by atoms with Crippen LogP contribution in [-0.2, 0) is 9.53 Å². The number of esters is 1. The molecule has 2 aliphatic carbocycles. The van der Waals surface area contributed by atoms with Crippen LogP contribution in [0.25, 0.3) is 0 Å². The summed E-state index contributed by atoms with van der Waals surface area (Å²) in [6, 6.07) is 0. The first-order valence-electron chi connectivity index (χ1n) is 6.59. The molecular weight excluding hydrogens is 236 g/mol. The van der Waals surface area contributed by atoms with Gasteiger partial charge in [-0.15, -0.1) is 0 Å². The molecule has 2 bridgehead atoms. The molecule has 0 amide bonds. The lowest BCUT2D eigenvalue weighted by atomic mass is 9.92. The van der Waals surface area contributed by atoms with E-state index in [1.165, 1.54) is 5.57 Å². The van der Waals surface area contributed by atoms with Gasteiger partial charge in [-0.3, -0.25) is 4.79 Å². The van der Waals surface area contributed by atoms with Crippen LogP contribution in [0.15, 0.2) is 59.4 Å². The number of hydrogen-bond donors (Lipinski definition) is 0. The van der Waals surface area contributed by atoms with E-state index in [1.807, 2.05) is 51.2 Å². The summed E-state index contributed by atoms with van der Waals surface area (Å²) in [5, 5.41) is 0. The van der Waals surface area contributed by atoms with Crippen LogP contribution in [0.2, 0.25) is 0 Å². The average Bonchev–Trinajstić information content (AvgIpc) is 2.58. The Morgan fingerprint density at radius 1 is 1.11 bits per heavy atom. The topological polar surface area (TPSA) is 26.3 Å². The molecule has 1 atom stereocenters.